The lowest BCUT2D eigenvalue weighted by Gasteiger charge is -2.27. The van der Waals surface area contributed by atoms with E-state index in [1.165, 1.54) is 0 Å². The van der Waals surface area contributed by atoms with Crippen LogP contribution in [0.1, 0.15) is 5.56 Å². The minimum absolute atomic E-state index is 0.502. The monoisotopic (exact) mass is 289 g/mol. The Kier molecular flexibility index (Phi) is 2.94. The molecule has 0 saturated carbocycles. The van der Waals surface area contributed by atoms with Gasteiger partial charge in [0.15, 0.2) is 6.54 Å². The van der Waals surface area contributed by atoms with Crippen molar-refractivity contribution < 1.29 is 9.67 Å². The van der Waals surface area contributed by atoms with Crippen LogP contribution < -0.4 is 9.47 Å². The Morgan fingerprint density at radius 2 is 1.45 bits per heavy atom. The highest BCUT2D eigenvalue weighted by Gasteiger charge is 2.52. The second-order valence-corrected chi connectivity index (χ2v) is 5.54. The molecular formula is C19H17N2O+. The lowest BCUT2D eigenvalue weighted by Crippen LogP contribution is -2.43. The van der Waals surface area contributed by atoms with Gasteiger partial charge in [-0.05, 0) is 18.2 Å². The maximum Gasteiger partial charge on any atom is 0.284 e. The number of aromatic nitrogens is 1. The van der Waals surface area contributed by atoms with Crippen LogP contribution in [0.5, 0.6) is 0 Å². The molecule has 0 aliphatic carbocycles. The van der Waals surface area contributed by atoms with Gasteiger partial charge in [-0.25, -0.2) is 4.57 Å². The van der Waals surface area contributed by atoms with E-state index in [0.29, 0.717) is 6.54 Å². The van der Waals surface area contributed by atoms with Crippen molar-refractivity contribution in [1.29, 1.82) is 0 Å². The SMILES string of the molecule is O[C@@]1(c2ccccc2)C[n+]2ccccc2N1c1ccccc1. The van der Waals surface area contributed by atoms with E-state index in [1.54, 1.807) is 0 Å². The van der Waals surface area contributed by atoms with Gasteiger partial charge in [0.25, 0.3) is 11.5 Å². The molecule has 3 aromatic rings. The van der Waals surface area contributed by atoms with Crippen LogP contribution in [0.2, 0.25) is 0 Å². The first-order valence-corrected chi connectivity index (χ1v) is 7.41. The normalized spacial score (nSPS) is 20.0. The summed E-state index contributed by atoms with van der Waals surface area (Å²) in [5, 5.41) is 11.5. The predicted molar refractivity (Wildman–Crippen MR) is 85.6 cm³/mol. The summed E-state index contributed by atoms with van der Waals surface area (Å²) in [7, 11) is 0. The van der Waals surface area contributed by atoms with Gasteiger partial charge in [0.1, 0.15) is 5.69 Å². The zero-order valence-electron chi connectivity index (χ0n) is 12.1. The average Bonchev–Trinajstić information content (AvgIpc) is 2.90. The van der Waals surface area contributed by atoms with Crippen molar-refractivity contribution in [3.63, 3.8) is 0 Å². The van der Waals surface area contributed by atoms with Gasteiger partial charge in [0.05, 0.1) is 6.20 Å². The highest BCUT2D eigenvalue weighted by Crippen LogP contribution is 2.40. The van der Waals surface area contributed by atoms with Gasteiger partial charge in [-0.2, -0.15) is 4.90 Å². The Balaban J connectivity index is 1.93. The van der Waals surface area contributed by atoms with Crippen LogP contribution in [0.15, 0.2) is 85.1 Å². The lowest BCUT2D eigenvalue weighted by molar-refractivity contribution is -0.683. The van der Waals surface area contributed by atoms with Crippen LogP contribution in [0.4, 0.5) is 11.5 Å². The number of anilines is 2. The summed E-state index contributed by atoms with van der Waals surface area (Å²) in [6.07, 6.45) is 2.01. The Bertz CT molecular complexity index is 789. The van der Waals surface area contributed by atoms with Gasteiger partial charge in [0, 0.05) is 11.6 Å². The lowest BCUT2D eigenvalue weighted by atomic mass is 10.0. The highest BCUT2D eigenvalue weighted by molar-refractivity contribution is 5.62. The molecule has 3 nitrogen and oxygen atoms in total. The molecule has 108 valence electrons. The summed E-state index contributed by atoms with van der Waals surface area (Å²) >= 11 is 0. The van der Waals surface area contributed by atoms with E-state index in [4.69, 9.17) is 0 Å². The molecule has 0 amide bonds. The summed E-state index contributed by atoms with van der Waals surface area (Å²) in [6.45, 7) is 0.502. The van der Waals surface area contributed by atoms with Gasteiger partial charge in [0.2, 0.25) is 0 Å². The molecule has 3 heteroatoms. The van der Waals surface area contributed by atoms with E-state index in [-0.39, 0.29) is 0 Å². The van der Waals surface area contributed by atoms with Crippen molar-refractivity contribution in [2.45, 2.75) is 12.3 Å². The minimum atomic E-state index is -1.09. The third kappa shape index (κ3) is 1.90. The number of rotatable bonds is 2. The first kappa shape index (κ1) is 13.0. The standard InChI is InChI=1S/C19H17N2O/c22-19(16-9-3-1-4-10-16)15-20-14-8-7-13-18(20)21(19)17-11-5-2-6-12-17/h1-14,22H,15H2/q+1/t19-/m1/s1. The predicted octanol–water partition coefficient (Wildman–Crippen LogP) is 2.97. The second-order valence-electron chi connectivity index (χ2n) is 5.54. The van der Waals surface area contributed by atoms with E-state index in [2.05, 4.69) is 4.57 Å². The largest absolute Gasteiger partial charge is 0.346 e. The fourth-order valence-corrected chi connectivity index (χ4v) is 3.15. The van der Waals surface area contributed by atoms with E-state index in [1.807, 2.05) is 90.0 Å². The molecule has 0 saturated heterocycles. The van der Waals surface area contributed by atoms with Gasteiger partial charge < -0.3 is 5.11 Å². The minimum Gasteiger partial charge on any atom is -0.346 e. The topological polar surface area (TPSA) is 27.4 Å². The molecule has 2 aromatic carbocycles. The first-order chi connectivity index (χ1) is 10.8. The molecule has 1 atom stereocenters. The van der Waals surface area contributed by atoms with Crippen LogP contribution in [-0.2, 0) is 12.3 Å². The maximum absolute atomic E-state index is 11.5. The van der Waals surface area contributed by atoms with Crippen molar-refractivity contribution in [2.24, 2.45) is 0 Å². The highest BCUT2D eigenvalue weighted by atomic mass is 16.3. The van der Waals surface area contributed by atoms with Gasteiger partial charge in [-0.15, -0.1) is 0 Å². The number of benzene rings is 2. The molecule has 1 aliphatic heterocycles. The number of nitrogens with zero attached hydrogens (tertiary/aromatic N) is 2. The number of pyridine rings is 1. The van der Waals surface area contributed by atoms with Crippen LogP contribution in [-0.4, -0.2) is 5.11 Å². The molecule has 1 aliphatic rings. The molecule has 0 bridgehead atoms. The Hall–Kier alpha value is -2.65. The zero-order chi connectivity index (χ0) is 15.0. The number of hydrogen-bond donors (Lipinski definition) is 1. The van der Waals surface area contributed by atoms with Crippen molar-refractivity contribution in [1.82, 2.24) is 0 Å². The average molecular weight is 289 g/mol. The molecule has 4 rings (SSSR count). The number of fused-ring (bicyclic) bond motifs is 1. The number of aliphatic hydroxyl groups is 1. The van der Waals surface area contributed by atoms with Crippen molar-refractivity contribution in [3.8, 4) is 0 Å². The fraction of sp³-hybridized carbons (Fsp3) is 0.105. The third-order valence-electron chi connectivity index (χ3n) is 4.16. The van der Waals surface area contributed by atoms with Crippen molar-refractivity contribution in [3.05, 3.63) is 90.6 Å². The molecule has 22 heavy (non-hydrogen) atoms. The smallest absolute Gasteiger partial charge is 0.284 e. The molecule has 0 radical (unpaired) electrons. The molecule has 2 heterocycles. The number of para-hydroxylation sites is 1. The molecule has 1 aromatic heterocycles. The Morgan fingerprint density at radius 1 is 0.818 bits per heavy atom. The molecule has 0 fully saturated rings. The summed E-state index contributed by atoms with van der Waals surface area (Å²) in [5.74, 6) is 0.986. The second kappa shape index (κ2) is 4.97. The number of hydrogen-bond acceptors (Lipinski definition) is 2. The van der Waals surface area contributed by atoms with Crippen LogP contribution >= 0.6 is 0 Å². The van der Waals surface area contributed by atoms with Gasteiger partial charge in [-0.3, -0.25) is 0 Å². The van der Waals surface area contributed by atoms with Crippen LogP contribution in [0.25, 0.3) is 0 Å². The third-order valence-corrected chi connectivity index (χ3v) is 4.16. The molecule has 0 unspecified atom stereocenters. The van der Waals surface area contributed by atoms with Crippen LogP contribution in [0, 0.1) is 0 Å². The Labute approximate surface area is 129 Å². The summed E-state index contributed by atoms with van der Waals surface area (Å²) in [6, 6.07) is 25.9. The van der Waals surface area contributed by atoms with Crippen molar-refractivity contribution in [2.75, 3.05) is 4.90 Å². The molecule has 0 spiro atoms. The zero-order valence-corrected chi connectivity index (χ0v) is 12.1. The van der Waals surface area contributed by atoms with E-state index < -0.39 is 5.72 Å². The van der Waals surface area contributed by atoms with E-state index in [9.17, 15) is 5.11 Å². The summed E-state index contributed by atoms with van der Waals surface area (Å²) in [5.41, 5.74) is 0.783. The molecule has 1 N–H and O–H groups in total. The van der Waals surface area contributed by atoms with Crippen molar-refractivity contribution >= 4 is 11.5 Å². The van der Waals surface area contributed by atoms with E-state index in [0.717, 1.165) is 17.1 Å². The van der Waals surface area contributed by atoms with Gasteiger partial charge >= 0.3 is 0 Å². The Morgan fingerprint density at radius 3 is 2.18 bits per heavy atom. The fourth-order valence-electron chi connectivity index (χ4n) is 3.15. The first-order valence-electron chi connectivity index (χ1n) is 7.41. The summed E-state index contributed by atoms with van der Waals surface area (Å²) < 4.78 is 2.08. The summed E-state index contributed by atoms with van der Waals surface area (Å²) in [4.78, 5) is 2.00. The van der Waals surface area contributed by atoms with Gasteiger partial charge in [-0.1, -0.05) is 54.6 Å². The van der Waals surface area contributed by atoms with E-state index >= 15 is 0 Å². The van der Waals surface area contributed by atoms with Crippen LogP contribution in [0.3, 0.4) is 0 Å². The maximum atomic E-state index is 11.5. The molecular weight excluding hydrogens is 272 g/mol. The quantitative estimate of drug-likeness (QED) is 0.734.